The maximum Gasteiger partial charge on any atom is 0.268 e. The van der Waals surface area contributed by atoms with Crippen molar-refractivity contribution < 1.29 is 4.79 Å². The van der Waals surface area contributed by atoms with E-state index in [4.69, 9.17) is 0 Å². The zero-order valence-corrected chi connectivity index (χ0v) is 14.3. The van der Waals surface area contributed by atoms with Gasteiger partial charge in [-0.05, 0) is 42.3 Å². The minimum atomic E-state index is 0.0565. The van der Waals surface area contributed by atoms with Gasteiger partial charge >= 0.3 is 0 Å². The molecule has 1 saturated heterocycles. The highest BCUT2D eigenvalue weighted by atomic mass is 32.1. The number of nitrogens with zero attached hydrogens (tertiary/aromatic N) is 2. The molecule has 1 N–H and O–H groups in total. The van der Waals surface area contributed by atoms with E-state index in [2.05, 4.69) is 34.7 Å². The molecule has 0 unspecified atom stereocenters. The van der Waals surface area contributed by atoms with Gasteiger partial charge in [-0.2, -0.15) is 0 Å². The van der Waals surface area contributed by atoms with Crippen molar-refractivity contribution in [1.82, 2.24) is 14.8 Å². The minimum absolute atomic E-state index is 0.0565. The third-order valence-corrected chi connectivity index (χ3v) is 5.85. The second-order valence-electron chi connectivity index (χ2n) is 6.84. The van der Waals surface area contributed by atoms with Gasteiger partial charge in [0.1, 0.15) is 5.69 Å². The van der Waals surface area contributed by atoms with Gasteiger partial charge in [-0.3, -0.25) is 9.69 Å². The number of aromatic nitrogens is 1. The lowest BCUT2D eigenvalue weighted by molar-refractivity contribution is 0.0922. The number of carbonyl (C=O) groups is 1. The van der Waals surface area contributed by atoms with Gasteiger partial charge in [0.25, 0.3) is 5.91 Å². The van der Waals surface area contributed by atoms with Gasteiger partial charge in [0.2, 0.25) is 0 Å². The molecule has 0 bridgehead atoms. The lowest BCUT2D eigenvalue weighted by atomic mass is 10.1. The molecule has 2 atom stereocenters. The minimum Gasteiger partial charge on any atom is -0.346 e. The molecule has 0 spiro atoms. The first-order valence-corrected chi connectivity index (χ1v) is 9.31. The van der Waals surface area contributed by atoms with Gasteiger partial charge in [0.15, 0.2) is 0 Å². The van der Waals surface area contributed by atoms with Crippen LogP contribution in [0.15, 0.2) is 35.8 Å². The number of hydrogen-bond acceptors (Lipinski definition) is 3. The standard InChI is InChI=1S/C18H23N3OS/c1-13-10-21(14-6-7-14)12-16(13)19-18(22)17-5-2-8-20(17)11-15-4-3-9-23-15/h2-5,8-9,13-14,16H,6-7,10-12H2,1H3,(H,19,22)/t13-,16+/m1/s1. The molecule has 4 rings (SSSR count). The molecule has 4 nitrogen and oxygen atoms in total. The summed E-state index contributed by atoms with van der Waals surface area (Å²) in [4.78, 5) is 16.5. The van der Waals surface area contributed by atoms with Gasteiger partial charge in [-0.1, -0.05) is 13.0 Å². The van der Waals surface area contributed by atoms with E-state index in [-0.39, 0.29) is 11.9 Å². The fraction of sp³-hybridized carbons (Fsp3) is 0.500. The van der Waals surface area contributed by atoms with E-state index >= 15 is 0 Å². The van der Waals surface area contributed by atoms with E-state index in [0.717, 1.165) is 31.4 Å². The number of thiophene rings is 1. The van der Waals surface area contributed by atoms with Crippen molar-refractivity contribution >= 4 is 17.2 Å². The third kappa shape index (κ3) is 3.21. The predicted molar refractivity (Wildman–Crippen MR) is 92.9 cm³/mol. The lowest BCUT2D eigenvalue weighted by Gasteiger charge is -2.18. The van der Waals surface area contributed by atoms with E-state index < -0.39 is 0 Å². The number of nitrogens with one attached hydrogen (secondary N) is 1. The average Bonchev–Trinajstić information content (AvgIpc) is 2.93. The molecular formula is C18H23N3OS. The van der Waals surface area contributed by atoms with E-state index in [1.165, 1.54) is 17.7 Å². The monoisotopic (exact) mass is 329 g/mol. The summed E-state index contributed by atoms with van der Waals surface area (Å²) >= 11 is 1.73. The molecule has 5 heteroatoms. The topological polar surface area (TPSA) is 37.3 Å². The number of rotatable bonds is 5. The summed E-state index contributed by atoms with van der Waals surface area (Å²) in [6, 6.07) is 9.09. The number of amides is 1. The molecule has 122 valence electrons. The molecule has 23 heavy (non-hydrogen) atoms. The zero-order valence-electron chi connectivity index (χ0n) is 13.4. The number of hydrogen-bond donors (Lipinski definition) is 1. The van der Waals surface area contributed by atoms with Crippen LogP contribution in [0.2, 0.25) is 0 Å². The van der Waals surface area contributed by atoms with Crippen LogP contribution in [0, 0.1) is 5.92 Å². The van der Waals surface area contributed by atoms with Crippen molar-refractivity contribution in [2.24, 2.45) is 5.92 Å². The highest BCUT2D eigenvalue weighted by molar-refractivity contribution is 7.09. The van der Waals surface area contributed by atoms with Crippen molar-refractivity contribution in [3.63, 3.8) is 0 Å². The number of carbonyl (C=O) groups excluding carboxylic acids is 1. The van der Waals surface area contributed by atoms with E-state index in [9.17, 15) is 4.79 Å². The smallest absolute Gasteiger partial charge is 0.268 e. The highest BCUT2D eigenvalue weighted by Crippen LogP contribution is 2.31. The van der Waals surface area contributed by atoms with Crippen molar-refractivity contribution in [2.75, 3.05) is 13.1 Å². The van der Waals surface area contributed by atoms with Crippen LogP contribution in [-0.2, 0) is 6.54 Å². The van der Waals surface area contributed by atoms with Crippen molar-refractivity contribution in [2.45, 2.75) is 38.4 Å². The molecule has 0 aromatic carbocycles. The summed E-state index contributed by atoms with van der Waals surface area (Å²) in [7, 11) is 0. The van der Waals surface area contributed by atoms with Crippen molar-refractivity contribution in [1.29, 1.82) is 0 Å². The summed E-state index contributed by atoms with van der Waals surface area (Å²) in [6.45, 7) is 5.13. The molecule has 2 fully saturated rings. The Morgan fingerprint density at radius 3 is 2.91 bits per heavy atom. The van der Waals surface area contributed by atoms with Crippen molar-refractivity contribution in [3.8, 4) is 0 Å². The Morgan fingerprint density at radius 1 is 1.30 bits per heavy atom. The Morgan fingerprint density at radius 2 is 2.17 bits per heavy atom. The van der Waals surface area contributed by atoms with Gasteiger partial charge in [-0.25, -0.2) is 0 Å². The first-order chi connectivity index (χ1) is 11.2. The molecule has 3 heterocycles. The molecular weight excluding hydrogens is 306 g/mol. The van der Waals surface area contributed by atoms with E-state index in [1.807, 2.05) is 22.9 Å². The molecule has 1 aliphatic carbocycles. The maximum atomic E-state index is 12.7. The fourth-order valence-corrected chi connectivity index (χ4v) is 4.20. The van der Waals surface area contributed by atoms with Gasteiger partial charge in [0, 0.05) is 36.2 Å². The van der Waals surface area contributed by atoms with Crippen LogP contribution in [-0.4, -0.2) is 40.5 Å². The first kappa shape index (κ1) is 15.0. The lowest BCUT2D eigenvalue weighted by Crippen LogP contribution is -2.40. The zero-order chi connectivity index (χ0) is 15.8. The Balaban J connectivity index is 1.42. The Hall–Kier alpha value is -1.59. The van der Waals surface area contributed by atoms with Crippen LogP contribution in [0.4, 0.5) is 0 Å². The van der Waals surface area contributed by atoms with Gasteiger partial charge in [-0.15, -0.1) is 11.3 Å². The average molecular weight is 329 g/mol. The number of likely N-dealkylation sites (tertiary alicyclic amines) is 1. The molecule has 1 amide bonds. The summed E-state index contributed by atoms with van der Waals surface area (Å²) in [5.41, 5.74) is 0.760. The summed E-state index contributed by atoms with van der Waals surface area (Å²) in [5, 5.41) is 5.34. The van der Waals surface area contributed by atoms with Gasteiger partial charge in [0.05, 0.1) is 6.54 Å². The van der Waals surface area contributed by atoms with Crippen LogP contribution < -0.4 is 5.32 Å². The largest absolute Gasteiger partial charge is 0.346 e. The first-order valence-electron chi connectivity index (χ1n) is 8.43. The Labute approximate surface area is 141 Å². The van der Waals surface area contributed by atoms with Crippen LogP contribution in [0.3, 0.4) is 0 Å². The van der Waals surface area contributed by atoms with Crippen LogP contribution in [0.1, 0.15) is 35.1 Å². The van der Waals surface area contributed by atoms with Crippen LogP contribution >= 0.6 is 11.3 Å². The predicted octanol–water partition coefficient (Wildman–Crippen LogP) is 2.81. The van der Waals surface area contributed by atoms with Crippen LogP contribution in [0.25, 0.3) is 0 Å². The molecule has 2 aromatic rings. The second kappa shape index (κ2) is 6.13. The fourth-order valence-electron chi connectivity index (χ4n) is 3.50. The Kier molecular flexibility index (Phi) is 3.99. The van der Waals surface area contributed by atoms with E-state index in [1.54, 1.807) is 11.3 Å². The molecule has 2 aromatic heterocycles. The molecule has 1 saturated carbocycles. The van der Waals surface area contributed by atoms with Crippen molar-refractivity contribution in [3.05, 3.63) is 46.4 Å². The molecule has 2 aliphatic rings. The normalized spacial score (nSPS) is 24.9. The summed E-state index contributed by atoms with van der Waals surface area (Å²) in [6.07, 6.45) is 4.65. The molecule has 1 aliphatic heterocycles. The van der Waals surface area contributed by atoms with Gasteiger partial charge < -0.3 is 9.88 Å². The molecule has 0 radical (unpaired) electrons. The maximum absolute atomic E-state index is 12.7. The second-order valence-corrected chi connectivity index (χ2v) is 7.88. The SMILES string of the molecule is C[C@@H]1CN(C2CC2)C[C@@H]1NC(=O)c1cccn1Cc1cccs1. The van der Waals surface area contributed by atoms with E-state index in [0.29, 0.717) is 5.92 Å². The summed E-state index contributed by atoms with van der Waals surface area (Å²) in [5.74, 6) is 0.585. The Bertz CT molecular complexity index is 674. The summed E-state index contributed by atoms with van der Waals surface area (Å²) < 4.78 is 2.04. The quantitative estimate of drug-likeness (QED) is 0.916. The van der Waals surface area contributed by atoms with Crippen LogP contribution in [0.5, 0.6) is 0 Å². The third-order valence-electron chi connectivity index (χ3n) is 4.99. The highest BCUT2D eigenvalue weighted by Gasteiger charge is 2.38.